The first-order valence-electron chi connectivity index (χ1n) is 12.8. The van der Waals surface area contributed by atoms with E-state index in [0.29, 0.717) is 24.7 Å². The number of carboxylic acids is 1. The van der Waals surface area contributed by atoms with Crippen LogP contribution in [0.15, 0.2) is 18.2 Å². The van der Waals surface area contributed by atoms with Gasteiger partial charge in [0.25, 0.3) is 0 Å². The minimum Gasteiger partial charge on any atom is -0.493 e. The van der Waals surface area contributed by atoms with Gasteiger partial charge in [-0.25, -0.2) is 4.79 Å². The fraction of sp³-hybridized carbons (Fsp3) is 0.741. The summed E-state index contributed by atoms with van der Waals surface area (Å²) in [5, 5.41) is 9.38. The molecule has 4 nitrogen and oxygen atoms in total. The van der Waals surface area contributed by atoms with Crippen LogP contribution in [0.5, 0.6) is 11.5 Å². The van der Waals surface area contributed by atoms with Gasteiger partial charge in [-0.05, 0) is 25.0 Å². The summed E-state index contributed by atoms with van der Waals surface area (Å²) in [5.74, 6) is 0.233. The molecule has 0 spiro atoms. The molecule has 0 aliphatic heterocycles. The molecule has 0 aromatic heterocycles. The SMILES string of the molecule is CCCCCCCCCCOc1cc(OCCCCCCCCCC)cc(C(=O)O)c1. The quantitative estimate of drug-likeness (QED) is 0.197. The smallest absolute Gasteiger partial charge is 0.335 e. The van der Waals surface area contributed by atoms with Crippen LogP contribution < -0.4 is 9.47 Å². The molecule has 0 saturated heterocycles. The summed E-state index contributed by atoms with van der Waals surface area (Å²) in [6.07, 6.45) is 20.0. The molecule has 0 atom stereocenters. The largest absolute Gasteiger partial charge is 0.493 e. The molecule has 1 N–H and O–H groups in total. The molecule has 0 bridgehead atoms. The number of ether oxygens (including phenoxy) is 2. The standard InChI is InChI=1S/C27H46O4/c1-3-5-7-9-11-13-15-17-19-30-25-21-24(27(28)29)22-26(23-25)31-20-18-16-14-12-10-8-6-4-2/h21-23H,3-20H2,1-2H3,(H,28,29). The molecule has 0 heterocycles. The van der Waals surface area contributed by atoms with Gasteiger partial charge in [0.1, 0.15) is 11.5 Å². The molecule has 0 fully saturated rings. The predicted molar refractivity (Wildman–Crippen MR) is 130 cm³/mol. The first-order valence-corrected chi connectivity index (χ1v) is 12.8. The van der Waals surface area contributed by atoms with E-state index in [1.54, 1.807) is 12.1 Å². The molecule has 1 aromatic rings. The van der Waals surface area contributed by atoms with Gasteiger partial charge < -0.3 is 14.6 Å². The van der Waals surface area contributed by atoms with Crippen LogP contribution in [-0.2, 0) is 0 Å². The molecule has 4 heteroatoms. The summed E-state index contributed by atoms with van der Waals surface area (Å²) in [4.78, 5) is 11.4. The van der Waals surface area contributed by atoms with Gasteiger partial charge in [0, 0.05) is 6.07 Å². The maximum atomic E-state index is 11.4. The zero-order valence-corrected chi connectivity index (χ0v) is 20.1. The fourth-order valence-corrected chi connectivity index (χ4v) is 3.71. The Hall–Kier alpha value is -1.71. The second kappa shape index (κ2) is 19.0. The van der Waals surface area contributed by atoms with Crippen LogP contribution in [0.4, 0.5) is 0 Å². The highest BCUT2D eigenvalue weighted by Gasteiger charge is 2.09. The molecule has 178 valence electrons. The maximum absolute atomic E-state index is 11.4. The molecule has 1 rings (SSSR count). The first-order chi connectivity index (χ1) is 15.2. The number of carboxylic acid groups (broad SMARTS) is 1. The van der Waals surface area contributed by atoms with Gasteiger partial charge in [0.05, 0.1) is 18.8 Å². The van der Waals surface area contributed by atoms with Crippen LogP contribution in [0.25, 0.3) is 0 Å². The zero-order chi connectivity index (χ0) is 22.6. The van der Waals surface area contributed by atoms with E-state index >= 15 is 0 Å². The zero-order valence-electron chi connectivity index (χ0n) is 20.1. The van der Waals surface area contributed by atoms with Gasteiger partial charge in [-0.2, -0.15) is 0 Å². The summed E-state index contributed by atoms with van der Waals surface area (Å²) < 4.78 is 11.7. The van der Waals surface area contributed by atoms with Crippen LogP contribution in [-0.4, -0.2) is 24.3 Å². The van der Waals surface area contributed by atoms with Crippen LogP contribution in [0.1, 0.15) is 127 Å². The summed E-state index contributed by atoms with van der Waals surface area (Å²) in [5.41, 5.74) is 0.222. The number of aromatic carboxylic acids is 1. The fourth-order valence-electron chi connectivity index (χ4n) is 3.71. The van der Waals surface area contributed by atoms with E-state index in [0.717, 1.165) is 25.7 Å². The van der Waals surface area contributed by atoms with Crippen molar-refractivity contribution in [1.82, 2.24) is 0 Å². The van der Waals surface area contributed by atoms with Crippen molar-refractivity contribution in [2.24, 2.45) is 0 Å². The molecule has 0 aliphatic rings. The van der Waals surface area contributed by atoms with E-state index in [1.807, 2.05) is 6.07 Å². The number of carbonyl (C=O) groups is 1. The molecule has 0 amide bonds. The van der Waals surface area contributed by atoms with Crippen LogP contribution in [0, 0.1) is 0 Å². The van der Waals surface area contributed by atoms with E-state index in [2.05, 4.69) is 13.8 Å². The highest BCUT2D eigenvalue weighted by molar-refractivity contribution is 5.88. The normalized spacial score (nSPS) is 10.9. The molecule has 0 saturated carbocycles. The second-order valence-electron chi connectivity index (χ2n) is 8.64. The molecule has 0 aliphatic carbocycles. The molecule has 1 aromatic carbocycles. The van der Waals surface area contributed by atoms with Gasteiger partial charge in [0.2, 0.25) is 0 Å². The number of unbranched alkanes of at least 4 members (excludes halogenated alkanes) is 14. The van der Waals surface area contributed by atoms with Gasteiger partial charge in [-0.1, -0.05) is 104 Å². The van der Waals surface area contributed by atoms with Crippen LogP contribution in [0.2, 0.25) is 0 Å². The predicted octanol–water partition coefficient (Wildman–Crippen LogP) is 8.42. The third-order valence-corrected chi connectivity index (χ3v) is 5.66. The minimum atomic E-state index is -0.950. The Morgan fingerprint density at radius 2 is 0.968 bits per heavy atom. The van der Waals surface area contributed by atoms with Crippen molar-refractivity contribution >= 4 is 5.97 Å². The monoisotopic (exact) mass is 434 g/mol. The van der Waals surface area contributed by atoms with Crippen molar-refractivity contribution in [2.45, 2.75) is 117 Å². The Morgan fingerprint density at radius 3 is 1.32 bits per heavy atom. The lowest BCUT2D eigenvalue weighted by Gasteiger charge is -2.11. The van der Waals surface area contributed by atoms with Crippen LogP contribution in [0.3, 0.4) is 0 Å². The Kier molecular flexibility index (Phi) is 16.8. The number of benzene rings is 1. The lowest BCUT2D eigenvalue weighted by atomic mass is 10.1. The van der Waals surface area contributed by atoms with Gasteiger partial charge in [0.15, 0.2) is 0 Å². The number of hydrogen-bond donors (Lipinski definition) is 1. The van der Waals surface area contributed by atoms with Gasteiger partial charge >= 0.3 is 5.97 Å². The Labute approximate surface area is 190 Å². The van der Waals surface area contributed by atoms with Crippen LogP contribution >= 0.6 is 0 Å². The van der Waals surface area contributed by atoms with E-state index < -0.39 is 5.97 Å². The van der Waals surface area contributed by atoms with E-state index in [4.69, 9.17) is 9.47 Å². The van der Waals surface area contributed by atoms with Crippen molar-refractivity contribution in [1.29, 1.82) is 0 Å². The van der Waals surface area contributed by atoms with Crippen molar-refractivity contribution in [3.05, 3.63) is 23.8 Å². The Bertz CT molecular complexity index is 530. The summed E-state index contributed by atoms with van der Waals surface area (Å²) in [6.45, 7) is 5.72. The van der Waals surface area contributed by atoms with E-state index in [-0.39, 0.29) is 5.56 Å². The summed E-state index contributed by atoms with van der Waals surface area (Å²) in [7, 11) is 0. The Morgan fingerprint density at radius 1 is 0.613 bits per heavy atom. The summed E-state index contributed by atoms with van der Waals surface area (Å²) in [6, 6.07) is 5.01. The first kappa shape index (κ1) is 27.3. The number of rotatable bonds is 21. The minimum absolute atomic E-state index is 0.222. The lowest BCUT2D eigenvalue weighted by Crippen LogP contribution is -2.03. The topological polar surface area (TPSA) is 55.8 Å². The van der Waals surface area contributed by atoms with Crippen molar-refractivity contribution < 1.29 is 19.4 Å². The third kappa shape index (κ3) is 14.8. The van der Waals surface area contributed by atoms with Crippen molar-refractivity contribution in [2.75, 3.05) is 13.2 Å². The average molecular weight is 435 g/mol. The number of hydrogen-bond acceptors (Lipinski definition) is 3. The molecule has 0 radical (unpaired) electrons. The van der Waals surface area contributed by atoms with Crippen molar-refractivity contribution in [3.63, 3.8) is 0 Å². The average Bonchev–Trinajstić information content (AvgIpc) is 2.76. The lowest BCUT2D eigenvalue weighted by molar-refractivity contribution is 0.0695. The molecular weight excluding hydrogens is 388 g/mol. The maximum Gasteiger partial charge on any atom is 0.335 e. The molecular formula is C27H46O4. The highest BCUT2D eigenvalue weighted by Crippen LogP contribution is 2.24. The van der Waals surface area contributed by atoms with Gasteiger partial charge in [-0.15, -0.1) is 0 Å². The van der Waals surface area contributed by atoms with E-state index in [9.17, 15) is 9.90 Å². The van der Waals surface area contributed by atoms with E-state index in [1.165, 1.54) is 77.0 Å². The molecule has 31 heavy (non-hydrogen) atoms. The van der Waals surface area contributed by atoms with Crippen molar-refractivity contribution in [3.8, 4) is 11.5 Å². The van der Waals surface area contributed by atoms with Gasteiger partial charge in [-0.3, -0.25) is 0 Å². The third-order valence-electron chi connectivity index (χ3n) is 5.66. The highest BCUT2D eigenvalue weighted by atomic mass is 16.5. The second-order valence-corrected chi connectivity index (χ2v) is 8.64. The summed E-state index contributed by atoms with van der Waals surface area (Å²) >= 11 is 0. The molecule has 0 unspecified atom stereocenters. The Balaban J connectivity index is 2.26.